The van der Waals surface area contributed by atoms with E-state index in [1.807, 2.05) is 10.6 Å². The summed E-state index contributed by atoms with van der Waals surface area (Å²) < 4.78 is 2.01. The first-order chi connectivity index (χ1) is 4.43. The maximum atomic E-state index is 4.18. The van der Waals surface area contributed by atoms with Gasteiger partial charge in [0.25, 0.3) is 0 Å². The molecule has 0 amide bonds. The van der Waals surface area contributed by atoms with Gasteiger partial charge in [-0.2, -0.15) is 0 Å². The fourth-order valence-electron chi connectivity index (χ4n) is 0.687. The van der Waals surface area contributed by atoms with Gasteiger partial charge in [-0.05, 0) is 0 Å². The molecule has 0 atom stereocenters. The summed E-state index contributed by atoms with van der Waals surface area (Å²) in [6, 6.07) is 0. The first-order valence-electron chi connectivity index (χ1n) is 2.81. The van der Waals surface area contributed by atoms with Gasteiger partial charge in [0, 0.05) is 0 Å². The van der Waals surface area contributed by atoms with Crippen LogP contribution in [0.2, 0.25) is 0 Å². The van der Waals surface area contributed by atoms with Gasteiger partial charge >= 0.3 is 65.1 Å². The Morgan fingerprint density at radius 3 is 3.22 bits per heavy atom. The van der Waals surface area contributed by atoms with Crippen LogP contribution in [0, 0.1) is 0 Å². The monoisotopic (exact) mass is 292 g/mol. The van der Waals surface area contributed by atoms with Crippen molar-refractivity contribution >= 4 is 10.6 Å². The second-order valence-electron chi connectivity index (χ2n) is 1.74. The first kappa shape index (κ1) is 7.04. The molecular formula is C6H8N2W. The van der Waals surface area contributed by atoms with Gasteiger partial charge in [0.2, 0.25) is 0 Å². The molecule has 9 heavy (non-hydrogen) atoms. The van der Waals surface area contributed by atoms with Gasteiger partial charge in [-0.15, -0.1) is 0 Å². The number of nitrogens with zero attached hydrogens (tertiary/aromatic N) is 1. The molecule has 0 aromatic rings. The molecular weight excluding hydrogens is 284 g/mol. The number of nitrogens with one attached hydrogen (secondary N) is 1. The van der Waals surface area contributed by atoms with E-state index in [9.17, 15) is 0 Å². The third-order valence-electron chi connectivity index (χ3n) is 1.09. The number of hydrogen-bond donors (Lipinski definition) is 1. The summed E-state index contributed by atoms with van der Waals surface area (Å²) in [7, 11) is 0. The molecule has 0 saturated carbocycles. The Kier molecular flexibility index (Phi) is 3.02. The molecule has 0 radical (unpaired) electrons. The maximum absolute atomic E-state index is 4.18. The van der Waals surface area contributed by atoms with E-state index in [1.165, 1.54) is 19.4 Å². The number of aliphatic imine (C=N–C) groups is 1. The van der Waals surface area contributed by atoms with Crippen LogP contribution in [0.25, 0.3) is 0 Å². The third-order valence-corrected chi connectivity index (χ3v) is 1.53. The Balaban J connectivity index is 2.42. The Bertz CT molecular complexity index is 160. The SMILES string of the molecule is [W]=[CH]C=NC1=CCNC1. The number of rotatable bonds is 2. The average Bonchev–Trinajstić information content (AvgIpc) is 2.34. The van der Waals surface area contributed by atoms with Crippen LogP contribution in [0.5, 0.6) is 0 Å². The van der Waals surface area contributed by atoms with E-state index in [2.05, 4.69) is 16.4 Å². The molecule has 2 nitrogen and oxygen atoms in total. The number of hydrogen-bond acceptors (Lipinski definition) is 2. The molecule has 0 aromatic carbocycles. The molecule has 0 unspecified atom stereocenters. The van der Waals surface area contributed by atoms with Gasteiger partial charge in [-0.25, -0.2) is 0 Å². The van der Waals surface area contributed by atoms with E-state index in [4.69, 9.17) is 0 Å². The molecule has 1 rings (SSSR count). The first-order valence-corrected chi connectivity index (χ1v) is 4.50. The summed E-state index contributed by atoms with van der Waals surface area (Å²) in [4.78, 5) is 4.18. The summed E-state index contributed by atoms with van der Waals surface area (Å²) in [6.07, 6.45) is 3.96. The fraction of sp³-hybridized carbons (Fsp3) is 0.333. The van der Waals surface area contributed by atoms with E-state index >= 15 is 0 Å². The standard InChI is InChI=1S/C6H8N2.W/c1-2-8-6-3-4-7-5-6;/h1-3,7H,4-5H2;. The van der Waals surface area contributed by atoms with Crippen LogP contribution >= 0.6 is 0 Å². The van der Waals surface area contributed by atoms with Crippen molar-refractivity contribution < 1.29 is 19.4 Å². The summed E-state index contributed by atoms with van der Waals surface area (Å²) in [5.74, 6) is 0. The molecule has 1 N–H and O–H groups in total. The van der Waals surface area contributed by atoms with Crippen LogP contribution in [-0.2, 0) is 19.4 Å². The van der Waals surface area contributed by atoms with Gasteiger partial charge in [0.15, 0.2) is 0 Å². The Labute approximate surface area is 65.5 Å². The second-order valence-corrected chi connectivity index (χ2v) is 2.72. The van der Waals surface area contributed by atoms with Gasteiger partial charge in [0.1, 0.15) is 0 Å². The third kappa shape index (κ3) is 2.33. The summed E-state index contributed by atoms with van der Waals surface area (Å²) in [5, 5.41) is 3.17. The summed E-state index contributed by atoms with van der Waals surface area (Å²) in [6.45, 7) is 1.91. The van der Waals surface area contributed by atoms with Crippen LogP contribution in [0.15, 0.2) is 16.8 Å². The van der Waals surface area contributed by atoms with E-state index in [1.54, 1.807) is 0 Å². The molecule has 0 fully saturated rings. The van der Waals surface area contributed by atoms with Crippen molar-refractivity contribution in [2.45, 2.75) is 0 Å². The normalized spacial score (nSPS) is 18.4. The van der Waals surface area contributed by atoms with Crippen molar-refractivity contribution in [1.29, 1.82) is 0 Å². The van der Waals surface area contributed by atoms with E-state index in [0.29, 0.717) is 0 Å². The van der Waals surface area contributed by atoms with Crippen LogP contribution < -0.4 is 5.32 Å². The topological polar surface area (TPSA) is 24.4 Å². The van der Waals surface area contributed by atoms with E-state index in [0.717, 1.165) is 18.8 Å². The molecule has 1 aliphatic heterocycles. The summed E-state index contributed by atoms with van der Waals surface area (Å²) >= 11 is 1.44. The molecule has 0 aliphatic carbocycles. The quantitative estimate of drug-likeness (QED) is 0.706. The molecule has 0 aromatic heterocycles. The van der Waals surface area contributed by atoms with Crippen molar-refractivity contribution in [1.82, 2.24) is 5.32 Å². The van der Waals surface area contributed by atoms with Crippen LogP contribution in [0.4, 0.5) is 0 Å². The van der Waals surface area contributed by atoms with Crippen LogP contribution in [0.3, 0.4) is 0 Å². The minimum absolute atomic E-state index is 0.930. The Morgan fingerprint density at radius 2 is 2.67 bits per heavy atom. The average molecular weight is 292 g/mol. The van der Waals surface area contributed by atoms with E-state index in [-0.39, 0.29) is 0 Å². The summed E-state index contributed by atoms with van der Waals surface area (Å²) in [5.41, 5.74) is 1.16. The van der Waals surface area contributed by atoms with Crippen molar-refractivity contribution in [3.05, 3.63) is 11.8 Å². The fourth-order valence-corrected chi connectivity index (χ4v) is 0.906. The van der Waals surface area contributed by atoms with E-state index < -0.39 is 0 Å². The van der Waals surface area contributed by atoms with Crippen LogP contribution in [0.1, 0.15) is 0 Å². The Morgan fingerprint density at radius 1 is 1.78 bits per heavy atom. The molecule has 48 valence electrons. The van der Waals surface area contributed by atoms with Crippen molar-refractivity contribution in [3.8, 4) is 0 Å². The van der Waals surface area contributed by atoms with Crippen molar-refractivity contribution in [3.63, 3.8) is 0 Å². The second kappa shape index (κ2) is 3.86. The van der Waals surface area contributed by atoms with Gasteiger partial charge < -0.3 is 0 Å². The minimum atomic E-state index is 0.930. The molecule has 0 spiro atoms. The van der Waals surface area contributed by atoms with Gasteiger partial charge in [-0.1, -0.05) is 0 Å². The van der Waals surface area contributed by atoms with Crippen molar-refractivity contribution in [2.24, 2.45) is 4.99 Å². The zero-order chi connectivity index (χ0) is 6.53. The predicted molar refractivity (Wildman–Crippen MR) is 35.5 cm³/mol. The zero-order valence-electron chi connectivity index (χ0n) is 5.00. The molecule has 1 heterocycles. The molecule has 3 heteroatoms. The van der Waals surface area contributed by atoms with Crippen molar-refractivity contribution in [2.75, 3.05) is 13.1 Å². The van der Waals surface area contributed by atoms with Gasteiger partial charge in [-0.3, -0.25) is 0 Å². The molecule has 0 bridgehead atoms. The Hall–Kier alpha value is -0.0717. The molecule has 0 saturated heterocycles. The van der Waals surface area contributed by atoms with Crippen LogP contribution in [-0.4, -0.2) is 23.7 Å². The zero-order valence-corrected chi connectivity index (χ0v) is 7.94. The molecule has 1 aliphatic rings. The predicted octanol–water partition coefficient (Wildman–Crippen LogP) is -0.107. The van der Waals surface area contributed by atoms with Gasteiger partial charge in [0.05, 0.1) is 0 Å².